The van der Waals surface area contributed by atoms with Crippen LogP contribution in [0.3, 0.4) is 0 Å². The molecule has 3 heterocycles. The Balaban J connectivity index is 1.48. The third-order valence-electron chi connectivity index (χ3n) is 7.15. The number of aliphatic hydroxyl groups is 1. The van der Waals surface area contributed by atoms with Crippen molar-refractivity contribution >= 4 is 23.4 Å². The summed E-state index contributed by atoms with van der Waals surface area (Å²) < 4.78 is 13.7. The van der Waals surface area contributed by atoms with Gasteiger partial charge in [-0.3, -0.25) is 9.78 Å². The van der Waals surface area contributed by atoms with Crippen LogP contribution in [0.5, 0.6) is 0 Å². The largest absolute Gasteiger partial charge is 0.393 e. The number of rotatable bonds is 9. The summed E-state index contributed by atoms with van der Waals surface area (Å²) in [5.74, 6) is 1.04. The zero-order valence-corrected chi connectivity index (χ0v) is 21.2. The highest BCUT2D eigenvalue weighted by molar-refractivity contribution is 5.92. The lowest BCUT2D eigenvalue weighted by Gasteiger charge is -2.28. The Morgan fingerprint density at radius 3 is 2.56 bits per heavy atom. The molecule has 1 atom stereocenters. The van der Waals surface area contributed by atoms with Crippen molar-refractivity contribution in [3.05, 3.63) is 24.5 Å². The molecule has 2 aromatic rings. The maximum atomic E-state index is 13.7. The molecule has 0 radical (unpaired) electrons. The molecule has 9 nitrogen and oxygen atoms in total. The van der Waals surface area contributed by atoms with E-state index in [1.807, 2.05) is 12.1 Å². The summed E-state index contributed by atoms with van der Waals surface area (Å²) in [4.78, 5) is 28.5. The molecule has 0 unspecified atom stereocenters. The lowest BCUT2D eigenvalue weighted by atomic mass is 9.93. The number of piperidine rings is 1. The second-order valence-electron chi connectivity index (χ2n) is 9.99. The van der Waals surface area contributed by atoms with Crippen molar-refractivity contribution in [3.8, 4) is 11.3 Å². The van der Waals surface area contributed by atoms with Crippen LogP contribution in [0.25, 0.3) is 11.3 Å². The van der Waals surface area contributed by atoms with Crippen LogP contribution < -0.4 is 16.0 Å². The van der Waals surface area contributed by atoms with Gasteiger partial charge in [0, 0.05) is 24.7 Å². The van der Waals surface area contributed by atoms with Gasteiger partial charge in [-0.05, 0) is 77.2 Å². The summed E-state index contributed by atoms with van der Waals surface area (Å²) >= 11 is 0. The van der Waals surface area contributed by atoms with Gasteiger partial charge in [-0.2, -0.15) is 4.98 Å². The van der Waals surface area contributed by atoms with E-state index in [1.165, 1.54) is 0 Å². The molecule has 0 aromatic carbocycles. The van der Waals surface area contributed by atoms with Gasteiger partial charge < -0.3 is 26.0 Å². The normalized spacial score (nSPS) is 22.1. The fraction of sp³-hybridized carbons (Fsp3) is 0.615. The topological polar surface area (TPSA) is 115 Å². The number of amides is 1. The standard InChI is InChI=1S/C26H38FN7O2/c1-3-18(27)14-29-26-30-16-22(24(33-26)31-19-4-7-21(35)8-5-19)23-9-6-20(15-28-23)32-25(36)17-10-12-34(2)13-11-17/h6,9,15-19,21,35H,3-5,7-8,10-14H2,1-2H3,(H,32,36)(H2,29,30,31,33)/t18-,19-,21-/m0/s1. The third-order valence-corrected chi connectivity index (χ3v) is 7.15. The van der Waals surface area contributed by atoms with Crippen molar-refractivity contribution in [2.24, 2.45) is 5.92 Å². The van der Waals surface area contributed by atoms with Crippen LogP contribution in [0.4, 0.5) is 21.8 Å². The number of nitrogens with one attached hydrogen (secondary N) is 3. The SMILES string of the molecule is CC[C@H](F)CNc1ncc(-c2ccc(NC(=O)C3CCN(C)CC3)cn2)c(N[C@H]2CC[C@H](O)CC2)n1. The highest BCUT2D eigenvalue weighted by Crippen LogP contribution is 2.29. The first-order valence-electron chi connectivity index (χ1n) is 13.1. The van der Waals surface area contributed by atoms with Gasteiger partial charge in [0.15, 0.2) is 0 Å². The lowest BCUT2D eigenvalue weighted by molar-refractivity contribution is -0.121. The molecule has 0 bridgehead atoms. The maximum absolute atomic E-state index is 13.7. The average Bonchev–Trinajstić information content (AvgIpc) is 2.89. The Morgan fingerprint density at radius 1 is 1.14 bits per heavy atom. The number of nitrogens with zero attached hydrogens (tertiary/aromatic N) is 4. The van der Waals surface area contributed by atoms with E-state index in [0.717, 1.165) is 57.2 Å². The number of aliphatic hydroxyl groups excluding tert-OH is 1. The number of pyridine rings is 1. The van der Waals surface area contributed by atoms with Gasteiger partial charge in [0.25, 0.3) is 0 Å². The summed E-state index contributed by atoms with van der Waals surface area (Å²) in [6, 6.07) is 3.87. The van der Waals surface area contributed by atoms with E-state index in [4.69, 9.17) is 0 Å². The van der Waals surface area contributed by atoms with Crippen molar-refractivity contribution in [2.75, 3.05) is 42.6 Å². The molecule has 2 aromatic heterocycles. The van der Waals surface area contributed by atoms with Gasteiger partial charge in [-0.25, -0.2) is 9.37 Å². The second-order valence-corrected chi connectivity index (χ2v) is 9.99. The molecule has 4 N–H and O–H groups in total. The molecular formula is C26H38FN7O2. The number of carbonyl (C=O) groups excluding carboxylic acids is 1. The predicted octanol–water partition coefficient (Wildman–Crippen LogP) is 3.69. The smallest absolute Gasteiger partial charge is 0.227 e. The van der Waals surface area contributed by atoms with E-state index in [1.54, 1.807) is 19.3 Å². The Kier molecular flexibility index (Phi) is 9.03. The van der Waals surface area contributed by atoms with Crippen LogP contribution in [0.1, 0.15) is 51.9 Å². The van der Waals surface area contributed by atoms with Gasteiger partial charge in [-0.1, -0.05) is 6.92 Å². The van der Waals surface area contributed by atoms with Gasteiger partial charge >= 0.3 is 0 Å². The number of carbonyl (C=O) groups is 1. The first-order valence-corrected chi connectivity index (χ1v) is 13.1. The van der Waals surface area contributed by atoms with Crippen LogP contribution in [0.2, 0.25) is 0 Å². The summed E-state index contributed by atoms with van der Waals surface area (Å²) in [6.45, 7) is 3.81. The summed E-state index contributed by atoms with van der Waals surface area (Å²) in [5, 5.41) is 19.3. The van der Waals surface area contributed by atoms with E-state index < -0.39 is 6.17 Å². The minimum Gasteiger partial charge on any atom is -0.393 e. The van der Waals surface area contributed by atoms with Gasteiger partial charge in [0.2, 0.25) is 11.9 Å². The molecule has 0 spiro atoms. The molecule has 2 aliphatic rings. The lowest BCUT2D eigenvalue weighted by Crippen LogP contribution is -2.35. The van der Waals surface area contributed by atoms with Crippen LogP contribution in [0, 0.1) is 5.92 Å². The van der Waals surface area contributed by atoms with Gasteiger partial charge in [0.05, 0.1) is 29.2 Å². The molecule has 4 rings (SSSR count). The minimum atomic E-state index is -0.969. The molecule has 36 heavy (non-hydrogen) atoms. The number of halogens is 1. The van der Waals surface area contributed by atoms with Crippen molar-refractivity contribution < 1.29 is 14.3 Å². The highest BCUT2D eigenvalue weighted by atomic mass is 19.1. The number of hydrogen-bond donors (Lipinski definition) is 4. The summed E-state index contributed by atoms with van der Waals surface area (Å²) in [7, 11) is 2.08. The molecule has 1 saturated heterocycles. The molecule has 1 saturated carbocycles. The van der Waals surface area contributed by atoms with E-state index in [0.29, 0.717) is 29.6 Å². The molecule has 2 fully saturated rings. The van der Waals surface area contributed by atoms with Crippen LogP contribution >= 0.6 is 0 Å². The van der Waals surface area contributed by atoms with Crippen molar-refractivity contribution in [1.82, 2.24) is 19.9 Å². The Morgan fingerprint density at radius 2 is 1.89 bits per heavy atom. The first kappa shape index (κ1) is 26.2. The number of hydrogen-bond acceptors (Lipinski definition) is 8. The maximum Gasteiger partial charge on any atom is 0.227 e. The van der Waals surface area contributed by atoms with Gasteiger partial charge in [-0.15, -0.1) is 0 Å². The quantitative estimate of drug-likeness (QED) is 0.413. The Bertz CT molecular complexity index is 990. The summed E-state index contributed by atoms with van der Waals surface area (Å²) in [6.07, 6.45) is 7.43. The van der Waals surface area contributed by atoms with Gasteiger partial charge in [0.1, 0.15) is 12.0 Å². The number of alkyl halides is 1. The number of aromatic nitrogens is 3. The Hall–Kier alpha value is -2.85. The molecule has 1 amide bonds. The van der Waals surface area contributed by atoms with Crippen molar-refractivity contribution in [1.29, 1.82) is 0 Å². The third kappa shape index (κ3) is 7.10. The Labute approximate surface area is 212 Å². The van der Waals surface area contributed by atoms with E-state index in [2.05, 4.69) is 42.8 Å². The van der Waals surface area contributed by atoms with E-state index in [9.17, 15) is 14.3 Å². The predicted molar refractivity (Wildman–Crippen MR) is 140 cm³/mol. The highest BCUT2D eigenvalue weighted by Gasteiger charge is 2.24. The van der Waals surface area contributed by atoms with Crippen molar-refractivity contribution in [2.45, 2.75) is 70.2 Å². The average molecular weight is 500 g/mol. The zero-order chi connectivity index (χ0) is 25.5. The monoisotopic (exact) mass is 499 g/mol. The van der Waals surface area contributed by atoms with Crippen LogP contribution in [-0.2, 0) is 4.79 Å². The molecule has 1 aliphatic carbocycles. The molecule has 196 valence electrons. The van der Waals surface area contributed by atoms with Crippen LogP contribution in [0.15, 0.2) is 24.5 Å². The zero-order valence-electron chi connectivity index (χ0n) is 21.2. The molecule has 1 aliphatic heterocycles. The fourth-order valence-corrected chi connectivity index (χ4v) is 4.67. The molecular weight excluding hydrogens is 461 g/mol. The molecule has 10 heteroatoms. The first-order chi connectivity index (χ1) is 17.4. The van der Waals surface area contributed by atoms with E-state index in [-0.39, 0.29) is 30.5 Å². The summed E-state index contributed by atoms with van der Waals surface area (Å²) in [5.41, 5.74) is 2.06. The van der Waals surface area contributed by atoms with Crippen LogP contribution in [-0.4, -0.2) is 75.9 Å². The van der Waals surface area contributed by atoms with E-state index >= 15 is 0 Å². The minimum absolute atomic E-state index is 0.0239. The number of anilines is 3. The number of likely N-dealkylation sites (tertiary alicyclic amines) is 1. The van der Waals surface area contributed by atoms with Crippen molar-refractivity contribution in [3.63, 3.8) is 0 Å². The second kappa shape index (κ2) is 12.4. The fourth-order valence-electron chi connectivity index (χ4n) is 4.67.